The number of amides is 4. The van der Waals surface area contributed by atoms with Gasteiger partial charge >= 0.3 is 12.1 Å². The zero-order chi connectivity index (χ0) is 35.2. The third-order valence-corrected chi connectivity index (χ3v) is 9.24. The van der Waals surface area contributed by atoms with E-state index in [0.29, 0.717) is 43.9 Å². The van der Waals surface area contributed by atoms with E-state index in [2.05, 4.69) is 39.8 Å². The van der Waals surface area contributed by atoms with Crippen LogP contribution in [0, 0.1) is 5.92 Å². The second-order valence-electron chi connectivity index (χ2n) is 12.9. The minimum absolute atomic E-state index is 0.0309. The van der Waals surface area contributed by atoms with Crippen molar-refractivity contribution in [3.63, 3.8) is 0 Å². The normalized spacial score (nSPS) is 13.0. The molecule has 3 atom stereocenters. The molecular formula is C37H48N6O5S. The van der Waals surface area contributed by atoms with Crippen molar-refractivity contribution in [3.8, 4) is 0 Å². The molecule has 12 heteroatoms. The predicted octanol–water partition coefficient (Wildman–Crippen LogP) is 6.47. The average molecular weight is 689 g/mol. The van der Waals surface area contributed by atoms with E-state index in [1.165, 1.54) is 12.6 Å². The molecule has 0 saturated carbocycles. The molecule has 0 fully saturated rings. The summed E-state index contributed by atoms with van der Waals surface area (Å²) < 4.78 is 10.6. The smallest absolute Gasteiger partial charge is 0.407 e. The van der Waals surface area contributed by atoms with Crippen molar-refractivity contribution >= 4 is 29.4 Å². The Labute approximate surface area is 292 Å². The molecule has 2 aromatic carbocycles. The van der Waals surface area contributed by atoms with Crippen molar-refractivity contribution in [2.24, 2.45) is 5.92 Å². The minimum atomic E-state index is -0.751. The molecule has 4 aromatic rings. The Morgan fingerprint density at radius 3 is 2.02 bits per heavy atom. The minimum Gasteiger partial charge on any atom is -0.445 e. The highest BCUT2D eigenvalue weighted by atomic mass is 32.1. The number of oxazole rings is 1. The van der Waals surface area contributed by atoms with Crippen LogP contribution in [0.1, 0.15) is 74.0 Å². The van der Waals surface area contributed by atoms with E-state index >= 15 is 0 Å². The lowest BCUT2D eigenvalue weighted by Crippen LogP contribution is -2.54. The van der Waals surface area contributed by atoms with E-state index in [0.717, 1.165) is 21.8 Å². The summed E-state index contributed by atoms with van der Waals surface area (Å²) in [4.78, 5) is 49.9. The number of thiazole rings is 1. The number of carbonyl (C=O) groups excluding carboxylic acids is 3. The van der Waals surface area contributed by atoms with Crippen molar-refractivity contribution in [2.45, 2.75) is 90.6 Å². The highest BCUT2D eigenvalue weighted by molar-refractivity contribution is 7.09. The van der Waals surface area contributed by atoms with Gasteiger partial charge < -0.3 is 30.0 Å². The van der Waals surface area contributed by atoms with Crippen LogP contribution in [0.25, 0.3) is 0 Å². The average Bonchev–Trinajstić information content (AvgIpc) is 3.78. The first kappa shape index (κ1) is 37.1. The van der Waals surface area contributed by atoms with Crippen LogP contribution in [0.15, 0.2) is 83.1 Å². The van der Waals surface area contributed by atoms with Crippen LogP contribution < -0.4 is 16.0 Å². The van der Waals surface area contributed by atoms with Gasteiger partial charge in [0.2, 0.25) is 5.91 Å². The summed E-state index contributed by atoms with van der Waals surface area (Å²) in [5.74, 6) is 0.349. The molecule has 4 rings (SSSR count). The molecule has 0 bridgehead atoms. The third-order valence-electron chi connectivity index (χ3n) is 8.05. The van der Waals surface area contributed by atoms with Gasteiger partial charge in [0.05, 0.1) is 23.4 Å². The Bertz CT molecular complexity index is 1580. The number of urea groups is 1. The van der Waals surface area contributed by atoms with Gasteiger partial charge in [-0.15, -0.1) is 11.3 Å². The molecule has 49 heavy (non-hydrogen) atoms. The molecule has 262 valence electrons. The number of aromatic nitrogens is 2. The van der Waals surface area contributed by atoms with Gasteiger partial charge in [-0.25, -0.2) is 19.6 Å². The maximum Gasteiger partial charge on any atom is 0.407 e. The Kier molecular flexibility index (Phi) is 14.2. The summed E-state index contributed by atoms with van der Waals surface area (Å²) in [6.45, 7) is 8.32. The fourth-order valence-electron chi connectivity index (χ4n) is 5.35. The third kappa shape index (κ3) is 12.4. The van der Waals surface area contributed by atoms with Crippen molar-refractivity contribution in [3.05, 3.63) is 106 Å². The summed E-state index contributed by atoms with van der Waals surface area (Å²) >= 11 is 1.58. The Morgan fingerprint density at radius 2 is 1.49 bits per heavy atom. The van der Waals surface area contributed by atoms with Gasteiger partial charge in [-0.1, -0.05) is 88.4 Å². The lowest BCUT2D eigenvalue weighted by molar-refractivity contribution is -0.124. The van der Waals surface area contributed by atoms with Gasteiger partial charge in [-0.05, 0) is 42.7 Å². The molecule has 0 radical (unpaired) electrons. The maximum atomic E-state index is 13.8. The summed E-state index contributed by atoms with van der Waals surface area (Å²) in [6, 6.07) is 18.2. The van der Waals surface area contributed by atoms with E-state index in [9.17, 15) is 14.4 Å². The van der Waals surface area contributed by atoms with Gasteiger partial charge in [-0.2, -0.15) is 0 Å². The maximum absolute atomic E-state index is 13.8. The number of hydrogen-bond acceptors (Lipinski definition) is 8. The van der Waals surface area contributed by atoms with E-state index in [1.54, 1.807) is 23.3 Å². The second kappa shape index (κ2) is 18.7. The van der Waals surface area contributed by atoms with Crippen LogP contribution in [0.4, 0.5) is 9.59 Å². The number of alkyl carbamates (subject to hydrolysis) is 1. The van der Waals surface area contributed by atoms with Crippen molar-refractivity contribution < 1.29 is 23.5 Å². The molecule has 11 nitrogen and oxygen atoms in total. The Hall–Kier alpha value is -4.71. The topological polar surface area (TPSA) is 139 Å². The number of nitrogens with one attached hydrogen (secondary N) is 3. The van der Waals surface area contributed by atoms with Crippen LogP contribution in [-0.4, -0.2) is 58.1 Å². The molecule has 0 spiro atoms. The molecule has 0 aliphatic heterocycles. The van der Waals surface area contributed by atoms with Crippen molar-refractivity contribution in [1.29, 1.82) is 0 Å². The van der Waals surface area contributed by atoms with Crippen LogP contribution in [0.3, 0.4) is 0 Å². The van der Waals surface area contributed by atoms with Gasteiger partial charge in [0.25, 0.3) is 0 Å². The monoisotopic (exact) mass is 688 g/mol. The van der Waals surface area contributed by atoms with Crippen LogP contribution in [-0.2, 0) is 35.5 Å². The second-order valence-corrected chi connectivity index (χ2v) is 13.8. The first-order valence-corrected chi connectivity index (χ1v) is 17.6. The zero-order valence-electron chi connectivity index (χ0n) is 28.9. The van der Waals surface area contributed by atoms with Crippen LogP contribution in [0.5, 0.6) is 0 Å². The van der Waals surface area contributed by atoms with Crippen molar-refractivity contribution in [2.75, 3.05) is 7.05 Å². The fourth-order valence-corrected chi connectivity index (χ4v) is 6.18. The Morgan fingerprint density at radius 1 is 0.878 bits per heavy atom. The highest BCUT2D eigenvalue weighted by Gasteiger charge is 2.28. The van der Waals surface area contributed by atoms with Gasteiger partial charge in [0, 0.05) is 30.4 Å². The number of nitrogens with zero attached hydrogens (tertiary/aromatic N) is 3. The molecule has 2 aromatic heterocycles. The number of ether oxygens (including phenoxy) is 1. The predicted molar refractivity (Wildman–Crippen MR) is 190 cm³/mol. The van der Waals surface area contributed by atoms with Crippen LogP contribution >= 0.6 is 11.3 Å². The summed E-state index contributed by atoms with van der Waals surface area (Å²) in [5, 5.41) is 12.2. The number of carbonyl (C=O) groups is 3. The number of rotatable bonds is 17. The van der Waals surface area contributed by atoms with E-state index in [4.69, 9.17) is 9.15 Å². The lowest BCUT2D eigenvalue weighted by atomic mass is 9.95. The van der Waals surface area contributed by atoms with E-state index in [1.807, 2.05) is 79.9 Å². The number of hydrogen-bond donors (Lipinski definition) is 3. The van der Waals surface area contributed by atoms with Gasteiger partial charge in [0.1, 0.15) is 6.04 Å². The van der Waals surface area contributed by atoms with E-state index in [-0.39, 0.29) is 36.5 Å². The quantitative estimate of drug-likeness (QED) is 0.116. The summed E-state index contributed by atoms with van der Waals surface area (Å²) in [6.07, 6.45) is 4.53. The summed E-state index contributed by atoms with van der Waals surface area (Å²) in [5.41, 5.74) is 2.96. The first-order valence-electron chi connectivity index (χ1n) is 16.7. The standard InChI is InChI=1S/C37H48N6O5S/c1-25(2)33(42-36(45)43(5)21-31-23-49-35(40-31)26(3)4)34(44)39-29(18-27-12-8-6-9-13-27)16-17-30(19-28-14-10-7-11-15-28)41-37(46)47-22-32-20-38-24-48-32/h6-15,20,23-26,29-30,33H,16-19,21-22H2,1-5H3,(H,39,44)(H,41,46)(H,42,45)/t29-,30-,33+/m1/s1. The lowest BCUT2D eigenvalue weighted by Gasteiger charge is -2.28. The van der Waals surface area contributed by atoms with Gasteiger partial charge in [0.15, 0.2) is 18.8 Å². The Balaban J connectivity index is 1.43. The molecule has 0 saturated heterocycles. The molecule has 3 N–H and O–H groups in total. The van der Waals surface area contributed by atoms with Crippen LogP contribution in [0.2, 0.25) is 0 Å². The van der Waals surface area contributed by atoms with Gasteiger partial charge in [-0.3, -0.25) is 4.79 Å². The fraction of sp³-hybridized carbons (Fsp3) is 0.432. The molecule has 0 aliphatic carbocycles. The number of benzene rings is 2. The van der Waals surface area contributed by atoms with E-state index < -0.39 is 12.1 Å². The van der Waals surface area contributed by atoms with Crippen molar-refractivity contribution in [1.82, 2.24) is 30.8 Å². The zero-order valence-corrected chi connectivity index (χ0v) is 29.7. The largest absolute Gasteiger partial charge is 0.445 e. The first-order chi connectivity index (χ1) is 23.6. The highest BCUT2D eigenvalue weighted by Crippen LogP contribution is 2.20. The molecule has 0 unspecified atom stereocenters. The summed E-state index contributed by atoms with van der Waals surface area (Å²) in [7, 11) is 1.70. The molecule has 2 heterocycles. The molecule has 4 amide bonds. The molecule has 0 aliphatic rings. The molecular weight excluding hydrogens is 641 g/mol. The SMILES string of the molecule is CC(C)c1nc(CN(C)C(=O)N[C@H](C(=O)N[C@H](CC[C@H](Cc2ccccc2)NC(=O)OCc2cnco2)Cc2ccccc2)C(C)C)cs1.